The summed E-state index contributed by atoms with van der Waals surface area (Å²) in [6, 6.07) is 18.6. The molecule has 0 fully saturated rings. The zero-order valence-electron chi connectivity index (χ0n) is 17.5. The van der Waals surface area contributed by atoms with Gasteiger partial charge in [-0.05, 0) is 65.4 Å². The van der Waals surface area contributed by atoms with Gasteiger partial charge in [0.05, 0.1) is 11.1 Å². The third kappa shape index (κ3) is 5.45. The number of rotatable bonds is 3. The highest BCUT2D eigenvalue weighted by molar-refractivity contribution is 5.84. The van der Waals surface area contributed by atoms with Crippen LogP contribution in [-0.2, 0) is 0 Å². The summed E-state index contributed by atoms with van der Waals surface area (Å²) in [6.07, 6.45) is 1.57. The molecule has 0 aliphatic carbocycles. The average molecular weight is 438 g/mol. The molecule has 0 aliphatic heterocycles. The Morgan fingerprint density at radius 2 is 1.27 bits per heavy atom. The molecule has 0 unspecified atom stereocenters. The maximum Gasteiger partial charge on any atom is 0.142 e. The van der Waals surface area contributed by atoms with E-state index in [0.29, 0.717) is 16.9 Å². The van der Waals surface area contributed by atoms with Crippen LogP contribution in [0.15, 0.2) is 85.5 Å². The van der Waals surface area contributed by atoms with Crippen molar-refractivity contribution in [2.45, 2.75) is 0 Å². The van der Waals surface area contributed by atoms with Gasteiger partial charge >= 0.3 is 0 Å². The zero-order chi connectivity index (χ0) is 23.2. The van der Waals surface area contributed by atoms with Crippen LogP contribution in [0.3, 0.4) is 0 Å². The fraction of sp³-hybridized carbons (Fsp3) is 0.0345. The lowest BCUT2D eigenvalue weighted by Gasteiger charge is -2.03. The first kappa shape index (κ1) is 21.8. The SMILES string of the molecule is C=CCOc1ccc(C#Cc2ccc(C#Cc3ccc4cc(F)ccc4c3)c(F)c2)c(F)c1. The maximum atomic E-state index is 14.5. The summed E-state index contributed by atoms with van der Waals surface area (Å²) in [4.78, 5) is 0. The first-order valence-electron chi connectivity index (χ1n) is 10.1. The second-order valence-electron chi connectivity index (χ2n) is 7.14. The Morgan fingerprint density at radius 1 is 0.667 bits per heavy atom. The topological polar surface area (TPSA) is 9.23 Å². The number of benzene rings is 4. The molecule has 0 aromatic heterocycles. The fourth-order valence-electron chi connectivity index (χ4n) is 3.11. The molecule has 4 heteroatoms. The summed E-state index contributed by atoms with van der Waals surface area (Å²) in [6.45, 7) is 3.82. The van der Waals surface area contributed by atoms with Crippen LogP contribution in [0.4, 0.5) is 13.2 Å². The Bertz CT molecular complexity index is 1480. The predicted octanol–water partition coefficient (Wildman–Crippen LogP) is 6.62. The second kappa shape index (κ2) is 9.81. The molecule has 0 spiro atoms. The molecule has 0 aliphatic rings. The minimum Gasteiger partial charge on any atom is -0.489 e. The number of halogens is 3. The largest absolute Gasteiger partial charge is 0.489 e. The predicted molar refractivity (Wildman–Crippen MR) is 124 cm³/mol. The molecule has 4 aromatic rings. The molecule has 4 rings (SSSR count). The van der Waals surface area contributed by atoms with Crippen molar-refractivity contribution in [3.8, 4) is 29.4 Å². The molecule has 0 atom stereocenters. The van der Waals surface area contributed by atoms with Crippen molar-refractivity contribution in [1.29, 1.82) is 0 Å². The number of fused-ring (bicyclic) bond motifs is 1. The van der Waals surface area contributed by atoms with Gasteiger partial charge in [-0.2, -0.15) is 0 Å². The van der Waals surface area contributed by atoms with Gasteiger partial charge in [-0.1, -0.05) is 48.5 Å². The van der Waals surface area contributed by atoms with E-state index < -0.39 is 11.6 Å². The highest BCUT2D eigenvalue weighted by atomic mass is 19.1. The molecule has 4 aromatic carbocycles. The van der Waals surface area contributed by atoms with Gasteiger partial charge < -0.3 is 4.74 Å². The van der Waals surface area contributed by atoms with Crippen molar-refractivity contribution in [3.63, 3.8) is 0 Å². The summed E-state index contributed by atoms with van der Waals surface area (Å²) in [5, 5.41) is 1.62. The lowest BCUT2D eigenvalue weighted by Crippen LogP contribution is -1.94. The van der Waals surface area contributed by atoms with E-state index in [1.165, 1.54) is 36.4 Å². The van der Waals surface area contributed by atoms with Crippen molar-refractivity contribution in [3.05, 3.63) is 125 Å². The Kier molecular flexibility index (Phi) is 6.48. The molecule has 1 nitrogen and oxygen atoms in total. The van der Waals surface area contributed by atoms with Crippen molar-refractivity contribution < 1.29 is 17.9 Å². The molecule has 0 saturated carbocycles. The van der Waals surface area contributed by atoms with E-state index in [4.69, 9.17) is 4.74 Å². The molecule has 0 bridgehead atoms. The van der Waals surface area contributed by atoms with E-state index in [-0.39, 0.29) is 23.6 Å². The number of hydrogen-bond donors (Lipinski definition) is 0. The Morgan fingerprint density at radius 3 is 1.97 bits per heavy atom. The van der Waals surface area contributed by atoms with E-state index in [9.17, 15) is 13.2 Å². The summed E-state index contributed by atoms with van der Waals surface area (Å²) in [7, 11) is 0. The Labute approximate surface area is 190 Å². The van der Waals surface area contributed by atoms with Gasteiger partial charge in [-0.25, -0.2) is 13.2 Å². The van der Waals surface area contributed by atoms with Crippen LogP contribution in [0.5, 0.6) is 5.75 Å². The normalized spacial score (nSPS) is 10.0. The van der Waals surface area contributed by atoms with Gasteiger partial charge in [0.25, 0.3) is 0 Å². The maximum absolute atomic E-state index is 14.5. The zero-order valence-corrected chi connectivity index (χ0v) is 17.5. The van der Waals surface area contributed by atoms with E-state index in [1.807, 2.05) is 6.07 Å². The van der Waals surface area contributed by atoms with Gasteiger partial charge in [-0.15, -0.1) is 0 Å². The fourth-order valence-corrected chi connectivity index (χ4v) is 3.11. The quantitative estimate of drug-likeness (QED) is 0.258. The van der Waals surface area contributed by atoms with Gasteiger partial charge in [0.1, 0.15) is 29.8 Å². The molecule has 160 valence electrons. The summed E-state index contributed by atoms with van der Waals surface area (Å²) in [5.41, 5.74) is 1.49. The molecular weight excluding hydrogens is 421 g/mol. The van der Waals surface area contributed by atoms with Crippen molar-refractivity contribution in [1.82, 2.24) is 0 Å². The Hall–Kier alpha value is -4.41. The third-order valence-corrected chi connectivity index (χ3v) is 4.76. The summed E-state index contributed by atoms with van der Waals surface area (Å²) in [5.74, 6) is 10.2. The van der Waals surface area contributed by atoms with Gasteiger partial charge in [0.2, 0.25) is 0 Å². The van der Waals surface area contributed by atoms with Gasteiger partial charge in [0.15, 0.2) is 0 Å². The van der Waals surface area contributed by atoms with Gasteiger partial charge in [0, 0.05) is 17.2 Å². The first-order valence-corrected chi connectivity index (χ1v) is 10.1. The van der Waals surface area contributed by atoms with E-state index in [0.717, 1.165) is 10.8 Å². The van der Waals surface area contributed by atoms with Crippen LogP contribution >= 0.6 is 0 Å². The monoisotopic (exact) mass is 438 g/mol. The van der Waals surface area contributed by atoms with Crippen molar-refractivity contribution in [2.75, 3.05) is 6.61 Å². The summed E-state index contributed by atoms with van der Waals surface area (Å²) >= 11 is 0. The lowest BCUT2D eigenvalue weighted by molar-refractivity contribution is 0.361. The van der Waals surface area contributed by atoms with Crippen LogP contribution in [0.1, 0.15) is 22.3 Å². The number of ether oxygens (including phenoxy) is 1. The highest BCUT2D eigenvalue weighted by Crippen LogP contribution is 2.18. The molecule has 0 heterocycles. The molecule has 0 radical (unpaired) electrons. The smallest absolute Gasteiger partial charge is 0.142 e. The highest BCUT2D eigenvalue weighted by Gasteiger charge is 2.03. The second-order valence-corrected chi connectivity index (χ2v) is 7.14. The van der Waals surface area contributed by atoms with Crippen LogP contribution in [0.25, 0.3) is 10.8 Å². The van der Waals surface area contributed by atoms with E-state index >= 15 is 0 Å². The minimum absolute atomic E-state index is 0.182. The minimum atomic E-state index is -0.523. The van der Waals surface area contributed by atoms with Crippen LogP contribution in [0, 0.1) is 41.1 Å². The van der Waals surface area contributed by atoms with E-state index in [2.05, 4.69) is 30.3 Å². The van der Waals surface area contributed by atoms with Crippen molar-refractivity contribution in [2.24, 2.45) is 0 Å². The first-order chi connectivity index (χ1) is 16.0. The summed E-state index contributed by atoms with van der Waals surface area (Å²) < 4.78 is 47.3. The molecular formula is C29H17F3O. The number of hydrogen-bond acceptors (Lipinski definition) is 1. The molecule has 0 N–H and O–H groups in total. The van der Waals surface area contributed by atoms with Crippen LogP contribution in [0.2, 0.25) is 0 Å². The Balaban J connectivity index is 1.52. The molecule has 33 heavy (non-hydrogen) atoms. The molecule has 0 amide bonds. The standard InChI is InChI=1S/C29H17F3O/c1-2-15-33-27-14-12-23(29(32)19-27)9-5-21-4-8-22(28(31)17-21)7-3-20-6-10-25-18-26(30)13-11-24(25)16-20/h2,4,6,8,10-14,16-19H,1,15H2. The van der Waals surface area contributed by atoms with Crippen molar-refractivity contribution >= 4 is 10.8 Å². The van der Waals surface area contributed by atoms with E-state index in [1.54, 1.807) is 36.4 Å². The van der Waals surface area contributed by atoms with Crippen LogP contribution in [-0.4, -0.2) is 6.61 Å². The van der Waals surface area contributed by atoms with Gasteiger partial charge in [-0.3, -0.25) is 0 Å². The average Bonchev–Trinajstić information content (AvgIpc) is 2.81. The molecule has 0 saturated heterocycles. The lowest BCUT2D eigenvalue weighted by atomic mass is 10.1. The third-order valence-electron chi connectivity index (χ3n) is 4.76. The van der Waals surface area contributed by atoms with Crippen LogP contribution < -0.4 is 4.74 Å².